The summed E-state index contributed by atoms with van der Waals surface area (Å²) in [6, 6.07) is 8.87. The molecule has 1 atom stereocenters. The van der Waals surface area contributed by atoms with Gasteiger partial charge in [-0.25, -0.2) is 0 Å². The predicted molar refractivity (Wildman–Crippen MR) is 73.4 cm³/mol. The number of benzene rings is 1. The van der Waals surface area contributed by atoms with Crippen LogP contribution in [-0.2, 0) is 6.54 Å². The largest absolute Gasteiger partial charge is 0.317 e. The highest BCUT2D eigenvalue weighted by Crippen LogP contribution is 2.17. The minimum absolute atomic E-state index is 0.698. The van der Waals surface area contributed by atoms with Crippen molar-refractivity contribution >= 4 is 11.6 Å². The van der Waals surface area contributed by atoms with Crippen LogP contribution in [0.2, 0.25) is 5.02 Å². The maximum absolute atomic E-state index is 6.01. The van der Waals surface area contributed by atoms with Gasteiger partial charge in [0.25, 0.3) is 0 Å². The Kier molecular flexibility index (Phi) is 4.84. The van der Waals surface area contributed by atoms with E-state index in [-0.39, 0.29) is 0 Å². The number of halogens is 1. The summed E-state index contributed by atoms with van der Waals surface area (Å²) in [7, 11) is 2.22. The van der Waals surface area contributed by atoms with Crippen LogP contribution in [0.5, 0.6) is 0 Å². The first-order valence-electron chi connectivity index (χ1n) is 6.41. The third-order valence-corrected chi connectivity index (χ3v) is 3.72. The first-order valence-corrected chi connectivity index (χ1v) is 6.79. The molecule has 1 unspecified atom stereocenters. The monoisotopic (exact) mass is 252 g/mol. The van der Waals surface area contributed by atoms with E-state index in [0.29, 0.717) is 6.04 Å². The zero-order chi connectivity index (χ0) is 12.1. The van der Waals surface area contributed by atoms with Crippen molar-refractivity contribution in [2.24, 2.45) is 0 Å². The van der Waals surface area contributed by atoms with Crippen molar-refractivity contribution in [2.75, 3.05) is 20.1 Å². The molecule has 0 radical (unpaired) electrons. The third kappa shape index (κ3) is 3.98. The van der Waals surface area contributed by atoms with E-state index in [1.165, 1.54) is 31.4 Å². The molecule has 1 heterocycles. The number of hydrogen-bond acceptors (Lipinski definition) is 2. The van der Waals surface area contributed by atoms with Gasteiger partial charge in [-0.05, 0) is 57.1 Å². The van der Waals surface area contributed by atoms with Crippen LogP contribution < -0.4 is 5.32 Å². The number of hydrogen-bond donors (Lipinski definition) is 1. The van der Waals surface area contributed by atoms with E-state index >= 15 is 0 Å². The van der Waals surface area contributed by atoms with Crippen molar-refractivity contribution in [1.29, 1.82) is 0 Å². The lowest BCUT2D eigenvalue weighted by Gasteiger charge is -2.26. The third-order valence-electron chi connectivity index (χ3n) is 3.49. The van der Waals surface area contributed by atoms with Crippen LogP contribution in [0.25, 0.3) is 0 Å². The van der Waals surface area contributed by atoms with E-state index in [0.717, 1.165) is 18.1 Å². The van der Waals surface area contributed by atoms with E-state index in [9.17, 15) is 0 Å². The smallest absolute Gasteiger partial charge is 0.0409 e. The zero-order valence-electron chi connectivity index (χ0n) is 10.5. The molecule has 0 saturated carbocycles. The molecule has 2 nitrogen and oxygen atoms in total. The lowest BCUT2D eigenvalue weighted by atomic mass is 10.1. The highest BCUT2D eigenvalue weighted by atomic mass is 35.5. The second kappa shape index (κ2) is 6.39. The van der Waals surface area contributed by atoms with E-state index < -0.39 is 0 Å². The second-order valence-electron chi connectivity index (χ2n) is 4.88. The molecule has 1 N–H and O–H groups in total. The fraction of sp³-hybridized carbons (Fsp3) is 0.571. The van der Waals surface area contributed by atoms with Gasteiger partial charge >= 0.3 is 0 Å². The Balaban J connectivity index is 1.93. The van der Waals surface area contributed by atoms with Crippen molar-refractivity contribution in [1.82, 2.24) is 10.2 Å². The maximum atomic E-state index is 6.01. The van der Waals surface area contributed by atoms with Gasteiger partial charge < -0.3 is 5.32 Å². The molecule has 1 aromatic rings. The van der Waals surface area contributed by atoms with Crippen LogP contribution in [0, 0.1) is 0 Å². The molecule has 0 aromatic heterocycles. The van der Waals surface area contributed by atoms with E-state index in [4.69, 9.17) is 11.6 Å². The summed E-state index contributed by atoms with van der Waals surface area (Å²) in [5, 5.41) is 4.29. The molecular formula is C14H21ClN2. The SMILES string of the molecule is CN(Cc1cccc(Cl)c1)C1CCCNCC1. The van der Waals surface area contributed by atoms with E-state index in [1.54, 1.807) is 0 Å². The fourth-order valence-corrected chi connectivity index (χ4v) is 2.71. The van der Waals surface area contributed by atoms with Crippen molar-refractivity contribution in [3.63, 3.8) is 0 Å². The Hall–Kier alpha value is -0.570. The lowest BCUT2D eigenvalue weighted by molar-refractivity contribution is 0.216. The summed E-state index contributed by atoms with van der Waals surface area (Å²) < 4.78 is 0. The Morgan fingerprint density at radius 3 is 3.06 bits per heavy atom. The molecule has 1 saturated heterocycles. The summed E-state index contributed by atoms with van der Waals surface area (Å²) in [4.78, 5) is 2.46. The topological polar surface area (TPSA) is 15.3 Å². The molecule has 0 bridgehead atoms. The quantitative estimate of drug-likeness (QED) is 0.890. The molecule has 1 aromatic carbocycles. The molecule has 1 aliphatic rings. The molecule has 94 valence electrons. The highest BCUT2D eigenvalue weighted by Gasteiger charge is 2.16. The molecule has 1 aliphatic heterocycles. The minimum atomic E-state index is 0.698. The van der Waals surface area contributed by atoms with Gasteiger partial charge in [-0.1, -0.05) is 23.7 Å². The summed E-state index contributed by atoms with van der Waals surface area (Å²) in [5.74, 6) is 0. The van der Waals surface area contributed by atoms with Crippen LogP contribution in [0.4, 0.5) is 0 Å². The van der Waals surface area contributed by atoms with Gasteiger partial charge in [0.15, 0.2) is 0 Å². The average molecular weight is 253 g/mol. The second-order valence-corrected chi connectivity index (χ2v) is 5.32. The normalized spacial score (nSPS) is 21.5. The average Bonchev–Trinajstić information content (AvgIpc) is 2.57. The van der Waals surface area contributed by atoms with Gasteiger partial charge in [-0.3, -0.25) is 4.90 Å². The van der Waals surface area contributed by atoms with E-state index in [1.807, 2.05) is 12.1 Å². The maximum Gasteiger partial charge on any atom is 0.0409 e. The van der Waals surface area contributed by atoms with Crippen molar-refractivity contribution in [3.8, 4) is 0 Å². The van der Waals surface area contributed by atoms with Gasteiger partial charge in [-0.15, -0.1) is 0 Å². The van der Waals surface area contributed by atoms with Crippen LogP contribution in [-0.4, -0.2) is 31.1 Å². The van der Waals surface area contributed by atoms with Gasteiger partial charge in [0.05, 0.1) is 0 Å². The van der Waals surface area contributed by atoms with Crippen LogP contribution in [0.15, 0.2) is 24.3 Å². The van der Waals surface area contributed by atoms with Crippen LogP contribution in [0.3, 0.4) is 0 Å². The Morgan fingerprint density at radius 1 is 1.35 bits per heavy atom. The fourth-order valence-electron chi connectivity index (χ4n) is 2.49. The predicted octanol–water partition coefficient (Wildman–Crippen LogP) is 2.91. The lowest BCUT2D eigenvalue weighted by Crippen LogP contribution is -2.31. The molecular weight excluding hydrogens is 232 g/mol. The molecule has 17 heavy (non-hydrogen) atoms. The van der Waals surface area contributed by atoms with Gasteiger partial charge in [-0.2, -0.15) is 0 Å². The van der Waals surface area contributed by atoms with Crippen molar-refractivity contribution in [3.05, 3.63) is 34.9 Å². The Bertz CT molecular complexity index is 346. The zero-order valence-corrected chi connectivity index (χ0v) is 11.2. The molecule has 0 amide bonds. The molecule has 1 fully saturated rings. The standard InChI is InChI=1S/C14H21ClN2/c1-17(14-6-3-8-16-9-7-14)11-12-4-2-5-13(15)10-12/h2,4-5,10,14,16H,3,6-9,11H2,1H3. The molecule has 3 heteroatoms. The number of nitrogens with one attached hydrogen (secondary N) is 1. The molecule has 0 aliphatic carbocycles. The van der Waals surface area contributed by atoms with Gasteiger partial charge in [0.1, 0.15) is 0 Å². The first-order chi connectivity index (χ1) is 8.25. The molecule has 0 spiro atoms. The summed E-state index contributed by atoms with van der Waals surface area (Å²) >= 11 is 6.01. The first kappa shape index (κ1) is 12.9. The van der Waals surface area contributed by atoms with E-state index in [2.05, 4.69) is 29.4 Å². The van der Waals surface area contributed by atoms with Gasteiger partial charge in [0.2, 0.25) is 0 Å². The Morgan fingerprint density at radius 2 is 2.24 bits per heavy atom. The van der Waals surface area contributed by atoms with Crippen LogP contribution >= 0.6 is 11.6 Å². The summed E-state index contributed by atoms with van der Waals surface area (Å²) in [6.07, 6.45) is 3.83. The summed E-state index contributed by atoms with van der Waals surface area (Å²) in [6.45, 7) is 3.30. The van der Waals surface area contributed by atoms with Crippen molar-refractivity contribution < 1.29 is 0 Å². The minimum Gasteiger partial charge on any atom is -0.317 e. The summed E-state index contributed by atoms with van der Waals surface area (Å²) in [5.41, 5.74) is 1.30. The number of nitrogens with zero attached hydrogens (tertiary/aromatic N) is 1. The Labute approximate surface area is 109 Å². The molecule has 2 rings (SSSR count). The van der Waals surface area contributed by atoms with Gasteiger partial charge in [0, 0.05) is 17.6 Å². The number of rotatable bonds is 3. The highest BCUT2D eigenvalue weighted by molar-refractivity contribution is 6.30. The van der Waals surface area contributed by atoms with Crippen LogP contribution in [0.1, 0.15) is 24.8 Å². The van der Waals surface area contributed by atoms with Crippen molar-refractivity contribution in [2.45, 2.75) is 31.8 Å².